The Kier molecular flexibility index (Phi) is 7.90. The molecule has 5 nitrogen and oxygen atoms in total. The van der Waals surface area contributed by atoms with E-state index in [0.717, 1.165) is 16.9 Å². The zero-order chi connectivity index (χ0) is 21.7. The number of aryl methyl sites for hydroxylation is 2. The van der Waals surface area contributed by atoms with Gasteiger partial charge < -0.3 is 4.90 Å². The van der Waals surface area contributed by atoms with E-state index in [-0.39, 0.29) is 5.91 Å². The lowest BCUT2D eigenvalue weighted by atomic mass is 10.2. The van der Waals surface area contributed by atoms with Gasteiger partial charge >= 0.3 is 0 Å². The van der Waals surface area contributed by atoms with E-state index in [9.17, 15) is 13.2 Å². The van der Waals surface area contributed by atoms with E-state index in [4.69, 9.17) is 0 Å². The highest BCUT2D eigenvalue weighted by Crippen LogP contribution is 2.23. The molecule has 0 aliphatic carbocycles. The third kappa shape index (κ3) is 5.60. The molecular weight excluding hydrogens is 436 g/mol. The van der Waals surface area contributed by atoms with Crippen LogP contribution in [0.3, 0.4) is 0 Å². The molecule has 2 aromatic rings. The summed E-state index contributed by atoms with van der Waals surface area (Å²) in [5.41, 5.74) is 3.00. The van der Waals surface area contributed by atoms with Crippen LogP contribution in [-0.2, 0) is 20.6 Å². The van der Waals surface area contributed by atoms with E-state index >= 15 is 0 Å². The fourth-order valence-electron chi connectivity index (χ4n) is 3.47. The maximum Gasteiger partial charge on any atom is 0.243 e. The quantitative estimate of drug-likeness (QED) is 0.584. The van der Waals surface area contributed by atoms with Gasteiger partial charge in [-0.15, -0.1) is 23.5 Å². The van der Waals surface area contributed by atoms with Crippen LogP contribution in [0.15, 0.2) is 52.3 Å². The summed E-state index contributed by atoms with van der Waals surface area (Å²) in [6.07, 6.45) is 2.05. The number of hydrogen-bond donors (Lipinski definition) is 0. The molecule has 162 valence electrons. The highest BCUT2D eigenvalue weighted by atomic mass is 32.2. The summed E-state index contributed by atoms with van der Waals surface area (Å²) in [4.78, 5) is 15.9. The van der Waals surface area contributed by atoms with Crippen molar-refractivity contribution in [2.24, 2.45) is 0 Å². The molecule has 3 rings (SSSR count). The van der Waals surface area contributed by atoms with Gasteiger partial charge in [-0.05, 0) is 49.4 Å². The largest absolute Gasteiger partial charge is 0.339 e. The number of thioether (sulfide) groups is 2. The zero-order valence-corrected chi connectivity index (χ0v) is 20.1. The minimum atomic E-state index is -3.53. The normalized spacial score (nSPS) is 15.4. The Morgan fingerprint density at radius 1 is 1.00 bits per heavy atom. The smallest absolute Gasteiger partial charge is 0.243 e. The van der Waals surface area contributed by atoms with Crippen molar-refractivity contribution in [3.63, 3.8) is 0 Å². The van der Waals surface area contributed by atoms with Crippen LogP contribution in [0.4, 0.5) is 0 Å². The Morgan fingerprint density at radius 3 is 2.27 bits per heavy atom. The molecule has 0 N–H and O–H groups in total. The third-order valence-electron chi connectivity index (χ3n) is 5.19. The molecule has 30 heavy (non-hydrogen) atoms. The predicted octanol–water partition coefficient (Wildman–Crippen LogP) is 3.79. The first kappa shape index (κ1) is 23.2. The second-order valence-corrected chi connectivity index (χ2v) is 11.2. The summed E-state index contributed by atoms with van der Waals surface area (Å²) >= 11 is 3.31. The topological polar surface area (TPSA) is 57.7 Å². The van der Waals surface area contributed by atoms with Crippen molar-refractivity contribution in [2.45, 2.75) is 29.4 Å². The predicted molar refractivity (Wildman–Crippen MR) is 126 cm³/mol. The molecule has 8 heteroatoms. The number of piperazine rings is 1. The first-order chi connectivity index (χ1) is 14.3. The van der Waals surface area contributed by atoms with Gasteiger partial charge in [-0.1, -0.05) is 29.8 Å². The summed E-state index contributed by atoms with van der Waals surface area (Å²) in [5, 5.41) is 0. The van der Waals surface area contributed by atoms with E-state index in [1.54, 1.807) is 34.5 Å². The van der Waals surface area contributed by atoms with Crippen LogP contribution in [0.2, 0.25) is 0 Å². The first-order valence-electron chi connectivity index (χ1n) is 9.87. The van der Waals surface area contributed by atoms with E-state index in [1.165, 1.54) is 14.8 Å². The number of carbonyl (C=O) groups excluding carboxylic acids is 1. The molecule has 1 aliphatic heterocycles. The molecule has 1 amide bonds. The SMILES string of the molecule is CSc1ccc(CSCC(=O)N2CCN(S(=O)(=O)c3ccc(C)cc3C)CC2)cc1. The van der Waals surface area contributed by atoms with Crippen molar-refractivity contribution in [2.75, 3.05) is 38.2 Å². The van der Waals surface area contributed by atoms with E-state index in [1.807, 2.05) is 26.0 Å². The monoisotopic (exact) mass is 464 g/mol. The van der Waals surface area contributed by atoms with Crippen molar-refractivity contribution in [3.05, 3.63) is 59.2 Å². The number of nitrogens with zero attached hydrogens (tertiary/aromatic N) is 2. The first-order valence-corrected chi connectivity index (χ1v) is 13.7. The lowest BCUT2D eigenvalue weighted by molar-refractivity contribution is -0.129. The van der Waals surface area contributed by atoms with E-state index < -0.39 is 10.0 Å². The lowest BCUT2D eigenvalue weighted by Gasteiger charge is -2.34. The molecule has 0 radical (unpaired) electrons. The minimum Gasteiger partial charge on any atom is -0.339 e. The average molecular weight is 465 g/mol. The molecule has 0 aromatic heterocycles. The average Bonchev–Trinajstić information content (AvgIpc) is 2.74. The van der Waals surface area contributed by atoms with Crippen LogP contribution in [0.5, 0.6) is 0 Å². The van der Waals surface area contributed by atoms with Crippen LogP contribution < -0.4 is 0 Å². The van der Waals surface area contributed by atoms with Gasteiger partial charge in [0.15, 0.2) is 0 Å². The Bertz CT molecular complexity index is 983. The Balaban J connectivity index is 1.50. The summed E-state index contributed by atoms with van der Waals surface area (Å²) < 4.78 is 27.5. The maximum atomic E-state index is 13.0. The molecule has 2 aromatic carbocycles. The number of rotatable bonds is 7. The van der Waals surface area contributed by atoms with Crippen LogP contribution in [0, 0.1) is 13.8 Å². The second-order valence-electron chi connectivity index (χ2n) is 7.39. The van der Waals surface area contributed by atoms with Gasteiger partial charge in [0.2, 0.25) is 15.9 Å². The fourth-order valence-corrected chi connectivity index (χ4v) is 6.40. The lowest BCUT2D eigenvalue weighted by Crippen LogP contribution is -2.51. The molecule has 1 aliphatic rings. The van der Waals surface area contributed by atoms with Crippen molar-refractivity contribution >= 4 is 39.5 Å². The fraction of sp³-hybridized carbons (Fsp3) is 0.409. The Hall–Kier alpha value is -1.48. The summed E-state index contributed by atoms with van der Waals surface area (Å²) in [6, 6.07) is 13.8. The highest BCUT2D eigenvalue weighted by molar-refractivity contribution is 7.99. The van der Waals surface area contributed by atoms with Gasteiger partial charge in [0, 0.05) is 36.8 Å². The summed E-state index contributed by atoms with van der Waals surface area (Å²) in [6.45, 7) is 5.32. The molecule has 0 unspecified atom stereocenters. The summed E-state index contributed by atoms with van der Waals surface area (Å²) in [7, 11) is -3.53. The van der Waals surface area contributed by atoms with E-state index in [2.05, 4.69) is 30.5 Å². The molecule has 1 heterocycles. The number of carbonyl (C=O) groups is 1. The van der Waals surface area contributed by atoms with Crippen LogP contribution in [0.25, 0.3) is 0 Å². The minimum absolute atomic E-state index is 0.0734. The Labute approximate surface area is 188 Å². The molecular formula is C22H28N2O3S3. The van der Waals surface area contributed by atoms with Gasteiger partial charge in [-0.3, -0.25) is 4.79 Å². The van der Waals surface area contributed by atoms with Crippen molar-refractivity contribution in [1.29, 1.82) is 0 Å². The van der Waals surface area contributed by atoms with E-state index in [0.29, 0.717) is 36.8 Å². The zero-order valence-electron chi connectivity index (χ0n) is 17.6. The molecule has 0 spiro atoms. The van der Waals surface area contributed by atoms with Crippen molar-refractivity contribution in [3.8, 4) is 0 Å². The molecule has 0 bridgehead atoms. The molecule has 1 fully saturated rings. The highest BCUT2D eigenvalue weighted by Gasteiger charge is 2.30. The number of amides is 1. The van der Waals surface area contributed by atoms with Crippen LogP contribution in [-0.4, -0.2) is 61.7 Å². The molecule has 0 saturated carbocycles. The van der Waals surface area contributed by atoms with Crippen molar-refractivity contribution in [1.82, 2.24) is 9.21 Å². The van der Waals surface area contributed by atoms with Crippen molar-refractivity contribution < 1.29 is 13.2 Å². The molecule has 1 saturated heterocycles. The van der Waals surface area contributed by atoms with Gasteiger partial charge in [0.1, 0.15) is 0 Å². The Morgan fingerprint density at radius 2 is 1.67 bits per heavy atom. The standard InChI is InChI=1S/C22H28N2O3S3/c1-17-4-9-21(18(2)14-17)30(26,27)24-12-10-23(11-13-24)22(25)16-29-15-19-5-7-20(28-3)8-6-19/h4-9,14H,10-13,15-16H2,1-3H3. The van der Waals surface area contributed by atoms with Crippen LogP contribution >= 0.6 is 23.5 Å². The van der Waals surface area contributed by atoms with Crippen LogP contribution in [0.1, 0.15) is 16.7 Å². The molecule has 0 atom stereocenters. The second kappa shape index (κ2) is 10.2. The number of benzene rings is 2. The van der Waals surface area contributed by atoms with Gasteiger partial charge in [0.25, 0.3) is 0 Å². The van der Waals surface area contributed by atoms with Gasteiger partial charge in [0.05, 0.1) is 10.6 Å². The van der Waals surface area contributed by atoms with Gasteiger partial charge in [-0.25, -0.2) is 8.42 Å². The summed E-state index contributed by atoms with van der Waals surface area (Å²) in [5.74, 6) is 1.28. The number of hydrogen-bond acceptors (Lipinski definition) is 5. The maximum absolute atomic E-state index is 13.0. The van der Waals surface area contributed by atoms with Gasteiger partial charge in [-0.2, -0.15) is 4.31 Å². The third-order valence-corrected chi connectivity index (χ3v) is 8.98. The number of sulfonamides is 1.